The minimum absolute atomic E-state index is 0.104. The van der Waals surface area contributed by atoms with Gasteiger partial charge in [0.25, 0.3) is 5.91 Å². The molecular weight excluding hydrogens is 232 g/mol. The van der Waals surface area contributed by atoms with Crippen molar-refractivity contribution in [1.82, 2.24) is 0 Å². The van der Waals surface area contributed by atoms with Gasteiger partial charge in [0.15, 0.2) is 0 Å². The van der Waals surface area contributed by atoms with Gasteiger partial charge in [0.2, 0.25) is 0 Å². The highest BCUT2D eigenvalue weighted by Crippen LogP contribution is 2.42. The zero-order valence-corrected chi connectivity index (χ0v) is 10.5. The van der Waals surface area contributed by atoms with Gasteiger partial charge in [-0.1, -0.05) is 36.0 Å². The van der Waals surface area contributed by atoms with Gasteiger partial charge in [-0.3, -0.25) is 4.79 Å². The number of amides is 1. The molecule has 1 atom stereocenters. The van der Waals surface area contributed by atoms with Crippen LogP contribution in [-0.4, -0.2) is 11.0 Å². The summed E-state index contributed by atoms with van der Waals surface area (Å²) in [7, 11) is 0. The van der Waals surface area contributed by atoms with Gasteiger partial charge < -0.3 is 0 Å². The van der Waals surface area contributed by atoms with E-state index < -0.39 is 4.75 Å². The summed E-state index contributed by atoms with van der Waals surface area (Å²) in [6.45, 7) is 3.73. The average molecular weight is 244 g/mol. The Morgan fingerprint density at radius 3 is 2.53 bits per heavy atom. The zero-order chi connectivity index (χ0) is 12.5. The molecule has 0 bridgehead atoms. The molecule has 3 nitrogen and oxygen atoms in total. The molecule has 0 aliphatic carbocycles. The van der Waals surface area contributed by atoms with E-state index >= 15 is 0 Å². The summed E-state index contributed by atoms with van der Waals surface area (Å²) < 4.78 is -0.602. The summed E-state index contributed by atoms with van der Waals surface area (Å²) in [5.74, 6) is -0.104. The largest absolute Gasteiger partial charge is 0.271 e. The lowest BCUT2D eigenvalue weighted by Gasteiger charge is -2.20. The second-order valence-electron chi connectivity index (χ2n) is 4.10. The highest BCUT2D eigenvalue weighted by Gasteiger charge is 2.41. The molecule has 1 amide bonds. The molecule has 0 N–H and O–H groups in total. The fourth-order valence-electron chi connectivity index (χ4n) is 1.83. The molecule has 1 unspecified atom stereocenters. The van der Waals surface area contributed by atoms with Crippen LogP contribution in [-0.2, 0) is 16.0 Å². The molecule has 1 aliphatic rings. The predicted molar refractivity (Wildman–Crippen MR) is 68.8 cm³/mol. The third-order valence-corrected chi connectivity index (χ3v) is 4.01. The van der Waals surface area contributed by atoms with E-state index in [0.29, 0.717) is 6.42 Å². The second kappa shape index (κ2) is 4.34. The number of aliphatic imine (C=N–C) groups is 1. The van der Waals surface area contributed by atoms with Crippen LogP contribution in [0.5, 0.6) is 0 Å². The molecule has 1 heterocycles. The van der Waals surface area contributed by atoms with Crippen LogP contribution >= 0.6 is 11.8 Å². The molecule has 0 spiro atoms. The zero-order valence-electron chi connectivity index (χ0n) is 9.73. The lowest BCUT2D eigenvalue weighted by molar-refractivity contribution is -0.119. The average Bonchev–Trinajstić information content (AvgIpc) is 2.55. The van der Waals surface area contributed by atoms with E-state index in [1.54, 1.807) is 0 Å². The first-order valence-electron chi connectivity index (χ1n) is 5.31. The van der Waals surface area contributed by atoms with Gasteiger partial charge in [0.05, 0.1) is 17.5 Å². The van der Waals surface area contributed by atoms with Gasteiger partial charge in [0.1, 0.15) is 4.75 Å². The minimum Gasteiger partial charge on any atom is -0.271 e. The van der Waals surface area contributed by atoms with Crippen molar-refractivity contribution in [3.05, 3.63) is 35.4 Å². The van der Waals surface area contributed by atoms with Gasteiger partial charge in [0, 0.05) is 0 Å². The lowest BCUT2D eigenvalue weighted by atomic mass is 9.97. The monoisotopic (exact) mass is 244 g/mol. The summed E-state index contributed by atoms with van der Waals surface area (Å²) in [5.41, 5.74) is 1.91. The SMILES string of the molecule is CC1=NC(=O)C(C)(c2ccc(CC#N)cc2)S1. The molecule has 1 aromatic rings. The lowest BCUT2D eigenvalue weighted by Crippen LogP contribution is -2.23. The first-order valence-corrected chi connectivity index (χ1v) is 6.13. The first-order chi connectivity index (χ1) is 8.06. The van der Waals surface area contributed by atoms with Crippen molar-refractivity contribution in [2.24, 2.45) is 4.99 Å². The topological polar surface area (TPSA) is 53.2 Å². The van der Waals surface area contributed by atoms with E-state index in [1.807, 2.05) is 38.1 Å². The Balaban J connectivity index is 2.30. The van der Waals surface area contributed by atoms with E-state index in [4.69, 9.17) is 5.26 Å². The number of hydrogen-bond donors (Lipinski definition) is 0. The molecule has 86 valence electrons. The maximum Gasteiger partial charge on any atom is 0.267 e. The van der Waals surface area contributed by atoms with E-state index in [1.165, 1.54) is 11.8 Å². The predicted octanol–water partition coefficient (Wildman–Crippen LogP) is 2.66. The Morgan fingerprint density at radius 1 is 1.41 bits per heavy atom. The summed E-state index contributed by atoms with van der Waals surface area (Å²) >= 11 is 1.48. The van der Waals surface area contributed by atoms with Crippen molar-refractivity contribution in [2.45, 2.75) is 25.0 Å². The normalized spacial score (nSPS) is 23.4. The van der Waals surface area contributed by atoms with Gasteiger partial charge in [-0.05, 0) is 25.0 Å². The second-order valence-corrected chi connectivity index (χ2v) is 5.71. The standard InChI is InChI=1S/C13H12N2OS/c1-9-15-12(16)13(2,17-9)11-5-3-10(4-6-11)7-8-14/h3-6H,7H2,1-2H3. The molecule has 1 aromatic carbocycles. The van der Waals surface area contributed by atoms with Crippen LogP contribution in [0.2, 0.25) is 0 Å². The van der Waals surface area contributed by atoms with Crippen molar-refractivity contribution < 1.29 is 4.79 Å². The van der Waals surface area contributed by atoms with Crippen LogP contribution in [0.25, 0.3) is 0 Å². The van der Waals surface area contributed by atoms with Crippen LogP contribution in [0.1, 0.15) is 25.0 Å². The summed E-state index contributed by atoms with van der Waals surface area (Å²) in [5, 5.41) is 9.41. The molecule has 0 fully saturated rings. The maximum absolute atomic E-state index is 11.9. The minimum atomic E-state index is -0.602. The molecule has 1 aliphatic heterocycles. The Bertz CT molecular complexity index is 527. The van der Waals surface area contributed by atoms with Crippen molar-refractivity contribution in [1.29, 1.82) is 5.26 Å². The van der Waals surface area contributed by atoms with Gasteiger partial charge >= 0.3 is 0 Å². The van der Waals surface area contributed by atoms with E-state index in [2.05, 4.69) is 11.1 Å². The molecule has 0 radical (unpaired) electrons. The summed E-state index contributed by atoms with van der Waals surface area (Å²) in [6, 6.07) is 9.71. The van der Waals surface area contributed by atoms with Gasteiger partial charge in [-0.15, -0.1) is 0 Å². The Morgan fingerprint density at radius 2 is 2.06 bits per heavy atom. The fourth-order valence-corrected chi connectivity index (χ4v) is 2.93. The number of carbonyl (C=O) groups is 1. The maximum atomic E-state index is 11.9. The van der Waals surface area contributed by atoms with Crippen molar-refractivity contribution in [2.75, 3.05) is 0 Å². The molecule has 0 saturated heterocycles. The van der Waals surface area contributed by atoms with Crippen LogP contribution in [0.3, 0.4) is 0 Å². The fraction of sp³-hybridized carbons (Fsp3) is 0.308. The number of hydrogen-bond acceptors (Lipinski definition) is 3. The Kier molecular flexibility index (Phi) is 3.03. The van der Waals surface area contributed by atoms with Gasteiger partial charge in [-0.25, -0.2) is 4.99 Å². The smallest absolute Gasteiger partial charge is 0.267 e. The first kappa shape index (κ1) is 11.9. The van der Waals surface area contributed by atoms with E-state index in [9.17, 15) is 4.79 Å². The van der Waals surface area contributed by atoms with Crippen LogP contribution in [0, 0.1) is 11.3 Å². The highest BCUT2D eigenvalue weighted by molar-refractivity contribution is 8.15. The molecule has 0 saturated carbocycles. The molecule has 4 heteroatoms. The number of nitriles is 1. The molecule has 17 heavy (non-hydrogen) atoms. The third kappa shape index (κ3) is 2.11. The molecule has 0 aromatic heterocycles. The quantitative estimate of drug-likeness (QED) is 0.803. The van der Waals surface area contributed by atoms with E-state index in [-0.39, 0.29) is 5.91 Å². The Labute approximate surface area is 105 Å². The number of benzene rings is 1. The van der Waals surface area contributed by atoms with Gasteiger partial charge in [-0.2, -0.15) is 5.26 Å². The van der Waals surface area contributed by atoms with Crippen LogP contribution in [0.4, 0.5) is 0 Å². The van der Waals surface area contributed by atoms with Crippen LogP contribution < -0.4 is 0 Å². The van der Waals surface area contributed by atoms with Crippen molar-refractivity contribution >= 4 is 22.7 Å². The molecular formula is C13H12N2OS. The van der Waals surface area contributed by atoms with Crippen molar-refractivity contribution in [3.63, 3.8) is 0 Å². The third-order valence-electron chi connectivity index (χ3n) is 2.81. The van der Waals surface area contributed by atoms with Crippen LogP contribution in [0.15, 0.2) is 29.3 Å². The summed E-state index contributed by atoms with van der Waals surface area (Å²) in [6.07, 6.45) is 0.396. The number of nitrogens with zero attached hydrogens (tertiary/aromatic N) is 2. The highest BCUT2D eigenvalue weighted by atomic mass is 32.2. The number of thioether (sulfide) groups is 1. The summed E-state index contributed by atoms with van der Waals surface area (Å²) in [4.78, 5) is 15.8. The number of carbonyl (C=O) groups excluding carboxylic acids is 1. The number of rotatable bonds is 2. The molecule has 2 rings (SSSR count). The van der Waals surface area contributed by atoms with E-state index in [0.717, 1.165) is 16.2 Å². The Hall–Kier alpha value is -1.60. The van der Waals surface area contributed by atoms with Crippen molar-refractivity contribution in [3.8, 4) is 6.07 Å².